The van der Waals surface area contributed by atoms with Gasteiger partial charge in [-0.25, -0.2) is 0 Å². The van der Waals surface area contributed by atoms with Crippen molar-refractivity contribution in [2.45, 2.75) is 26.4 Å². The number of ether oxygens (including phenoxy) is 1. The van der Waals surface area contributed by atoms with E-state index in [1.54, 1.807) is 0 Å². The average Bonchev–Trinajstić information content (AvgIpc) is 2.42. The number of hydrogen-bond acceptors (Lipinski definition) is 2. The molecule has 2 rings (SSSR count). The molecule has 1 N–H and O–H groups in total. The molecule has 0 unspecified atom stereocenters. The number of benzene rings is 2. The van der Waals surface area contributed by atoms with Gasteiger partial charge in [-0.15, -0.1) is 0 Å². The molecule has 1 atom stereocenters. The maximum atomic E-state index is 10.0. The molecule has 0 saturated carbocycles. The lowest BCUT2D eigenvalue weighted by atomic mass is 10.1. The molecular weight excluding hydrogens is 304 g/mol. The number of halogens is 1. The molecule has 100 valence electrons. The zero-order valence-corrected chi connectivity index (χ0v) is 12.6. The molecule has 0 heterocycles. The Morgan fingerprint density at radius 2 is 1.89 bits per heavy atom. The monoisotopic (exact) mass is 320 g/mol. The topological polar surface area (TPSA) is 29.5 Å². The molecule has 0 aromatic heterocycles. The minimum atomic E-state index is -0.497. The van der Waals surface area contributed by atoms with Gasteiger partial charge in [0.15, 0.2) is 0 Å². The van der Waals surface area contributed by atoms with Crippen LogP contribution in [-0.2, 0) is 0 Å². The quantitative estimate of drug-likeness (QED) is 0.859. The van der Waals surface area contributed by atoms with Gasteiger partial charge < -0.3 is 9.84 Å². The summed E-state index contributed by atoms with van der Waals surface area (Å²) in [6, 6.07) is 13.5. The first-order valence-corrected chi connectivity index (χ1v) is 7.12. The van der Waals surface area contributed by atoms with Gasteiger partial charge in [-0.2, -0.15) is 0 Å². The molecule has 0 amide bonds. The van der Waals surface area contributed by atoms with E-state index in [4.69, 9.17) is 4.74 Å². The van der Waals surface area contributed by atoms with Crippen LogP contribution in [0.1, 0.15) is 30.6 Å². The average molecular weight is 321 g/mol. The van der Waals surface area contributed by atoms with Crippen LogP contribution in [0.3, 0.4) is 0 Å². The molecule has 2 nitrogen and oxygen atoms in total. The lowest BCUT2D eigenvalue weighted by Gasteiger charge is -2.16. The predicted octanol–water partition coefficient (Wildman–Crippen LogP) is 4.99. The fourth-order valence-corrected chi connectivity index (χ4v) is 2.21. The van der Waals surface area contributed by atoms with E-state index in [0.29, 0.717) is 12.2 Å². The summed E-state index contributed by atoms with van der Waals surface area (Å²) in [5.41, 5.74) is 1.88. The molecule has 0 bridgehead atoms. The third-order valence-corrected chi connectivity index (χ3v) is 3.53. The second kappa shape index (κ2) is 6.22. The lowest BCUT2D eigenvalue weighted by molar-refractivity contribution is 0.170. The Bertz CT molecular complexity index is 566. The SMILES string of the molecule is CC[C@@H](O)c1ccccc1Oc1cc(Br)ccc1C. The first-order chi connectivity index (χ1) is 9.11. The third kappa shape index (κ3) is 3.37. The third-order valence-electron chi connectivity index (χ3n) is 3.03. The molecule has 0 saturated heterocycles. The highest BCUT2D eigenvalue weighted by atomic mass is 79.9. The summed E-state index contributed by atoms with van der Waals surface area (Å²) in [4.78, 5) is 0. The Morgan fingerprint density at radius 3 is 2.63 bits per heavy atom. The zero-order chi connectivity index (χ0) is 13.8. The van der Waals surface area contributed by atoms with Crippen molar-refractivity contribution in [1.29, 1.82) is 0 Å². The van der Waals surface area contributed by atoms with Gasteiger partial charge in [0.1, 0.15) is 11.5 Å². The van der Waals surface area contributed by atoms with Crippen LogP contribution in [0.5, 0.6) is 11.5 Å². The molecule has 0 aliphatic rings. The Balaban J connectivity index is 2.35. The van der Waals surface area contributed by atoms with E-state index in [1.165, 1.54) is 0 Å². The Labute approximate surface area is 122 Å². The summed E-state index contributed by atoms with van der Waals surface area (Å²) in [6.45, 7) is 3.95. The van der Waals surface area contributed by atoms with Crippen molar-refractivity contribution < 1.29 is 9.84 Å². The molecule has 19 heavy (non-hydrogen) atoms. The number of aliphatic hydroxyl groups is 1. The Hall–Kier alpha value is -1.32. The van der Waals surface area contributed by atoms with E-state index in [1.807, 2.05) is 56.3 Å². The second-order valence-corrected chi connectivity index (χ2v) is 5.39. The van der Waals surface area contributed by atoms with Crippen LogP contribution >= 0.6 is 15.9 Å². The maximum Gasteiger partial charge on any atom is 0.133 e. The van der Waals surface area contributed by atoms with Crippen LogP contribution in [0.4, 0.5) is 0 Å². The normalized spacial score (nSPS) is 12.2. The van der Waals surface area contributed by atoms with E-state index in [-0.39, 0.29) is 0 Å². The molecule has 0 radical (unpaired) electrons. The van der Waals surface area contributed by atoms with E-state index < -0.39 is 6.10 Å². The van der Waals surface area contributed by atoms with Gasteiger partial charge in [0.25, 0.3) is 0 Å². The summed E-state index contributed by atoms with van der Waals surface area (Å²) in [7, 11) is 0. The fourth-order valence-electron chi connectivity index (χ4n) is 1.87. The number of aliphatic hydroxyl groups excluding tert-OH is 1. The molecular formula is C16H17BrO2. The number of rotatable bonds is 4. The second-order valence-electron chi connectivity index (χ2n) is 4.47. The van der Waals surface area contributed by atoms with Crippen molar-refractivity contribution in [2.75, 3.05) is 0 Å². The van der Waals surface area contributed by atoms with Crippen LogP contribution in [0, 0.1) is 6.92 Å². The van der Waals surface area contributed by atoms with Gasteiger partial charge in [-0.1, -0.05) is 47.1 Å². The summed E-state index contributed by atoms with van der Waals surface area (Å²) in [6.07, 6.45) is 0.168. The minimum absolute atomic E-state index is 0.497. The van der Waals surface area contributed by atoms with Crippen molar-refractivity contribution >= 4 is 15.9 Å². The van der Waals surface area contributed by atoms with E-state index in [2.05, 4.69) is 15.9 Å². The molecule has 2 aromatic carbocycles. The standard InChI is InChI=1S/C16H17BrO2/c1-3-14(18)13-6-4-5-7-15(13)19-16-10-12(17)9-8-11(16)2/h4-10,14,18H,3H2,1-2H3/t14-/m1/s1. The fraction of sp³-hybridized carbons (Fsp3) is 0.250. The van der Waals surface area contributed by atoms with E-state index >= 15 is 0 Å². The maximum absolute atomic E-state index is 10.0. The molecule has 3 heteroatoms. The molecule has 0 aliphatic carbocycles. The number of aryl methyl sites for hydroxylation is 1. The number of para-hydroxylation sites is 1. The van der Waals surface area contributed by atoms with Gasteiger partial charge in [-0.05, 0) is 37.1 Å². The summed E-state index contributed by atoms with van der Waals surface area (Å²) < 4.78 is 6.93. The van der Waals surface area contributed by atoms with Crippen LogP contribution in [0.25, 0.3) is 0 Å². The van der Waals surface area contributed by atoms with E-state index in [0.717, 1.165) is 21.3 Å². The summed E-state index contributed by atoms with van der Waals surface area (Å²) in [5.74, 6) is 1.50. The highest BCUT2D eigenvalue weighted by molar-refractivity contribution is 9.10. The van der Waals surface area contributed by atoms with E-state index in [9.17, 15) is 5.11 Å². The molecule has 0 fully saturated rings. The van der Waals surface area contributed by atoms with Gasteiger partial charge in [0.2, 0.25) is 0 Å². The molecule has 2 aromatic rings. The van der Waals surface area contributed by atoms with Crippen LogP contribution < -0.4 is 4.74 Å². The first-order valence-electron chi connectivity index (χ1n) is 6.32. The summed E-state index contributed by atoms with van der Waals surface area (Å²) >= 11 is 3.44. The Kier molecular flexibility index (Phi) is 4.61. The van der Waals surface area contributed by atoms with Crippen molar-refractivity contribution in [1.82, 2.24) is 0 Å². The van der Waals surface area contributed by atoms with Crippen molar-refractivity contribution in [2.24, 2.45) is 0 Å². The van der Waals surface area contributed by atoms with Crippen molar-refractivity contribution in [3.63, 3.8) is 0 Å². The van der Waals surface area contributed by atoms with Crippen molar-refractivity contribution in [3.05, 3.63) is 58.1 Å². The lowest BCUT2D eigenvalue weighted by Crippen LogP contribution is -1.99. The highest BCUT2D eigenvalue weighted by Gasteiger charge is 2.12. The zero-order valence-electron chi connectivity index (χ0n) is 11.1. The first kappa shape index (κ1) is 14.1. The Morgan fingerprint density at radius 1 is 1.16 bits per heavy atom. The minimum Gasteiger partial charge on any atom is -0.457 e. The molecule has 0 spiro atoms. The van der Waals surface area contributed by atoms with Crippen LogP contribution in [0.2, 0.25) is 0 Å². The highest BCUT2D eigenvalue weighted by Crippen LogP contribution is 2.33. The smallest absolute Gasteiger partial charge is 0.133 e. The summed E-state index contributed by atoms with van der Waals surface area (Å²) in [5, 5.41) is 10.0. The number of hydrogen-bond donors (Lipinski definition) is 1. The predicted molar refractivity (Wildman–Crippen MR) is 80.6 cm³/mol. The molecule has 0 aliphatic heterocycles. The van der Waals surface area contributed by atoms with Crippen LogP contribution in [-0.4, -0.2) is 5.11 Å². The largest absolute Gasteiger partial charge is 0.457 e. The van der Waals surface area contributed by atoms with Gasteiger partial charge >= 0.3 is 0 Å². The van der Waals surface area contributed by atoms with Gasteiger partial charge in [-0.3, -0.25) is 0 Å². The van der Waals surface area contributed by atoms with Crippen LogP contribution in [0.15, 0.2) is 46.9 Å². The van der Waals surface area contributed by atoms with Gasteiger partial charge in [0.05, 0.1) is 6.10 Å². The van der Waals surface area contributed by atoms with Gasteiger partial charge in [0, 0.05) is 10.0 Å². The van der Waals surface area contributed by atoms with Crippen molar-refractivity contribution in [3.8, 4) is 11.5 Å².